The Labute approximate surface area is 143 Å². The SMILES string of the molecule is COCCC(=O)N1CC[C@@]2(CCCN2Cc2ccc(Cl)cc2)C1. The summed E-state index contributed by atoms with van der Waals surface area (Å²) in [6, 6.07) is 8.11. The third-order valence-corrected chi connectivity index (χ3v) is 5.48. The van der Waals surface area contributed by atoms with Gasteiger partial charge in [-0.2, -0.15) is 0 Å². The van der Waals surface area contributed by atoms with Gasteiger partial charge in [0.05, 0.1) is 13.0 Å². The van der Waals surface area contributed by atoms with Crippen LogP contribution in [0.2, 0.25) is 5.02 Å². The van der Waals surface area contributed by atoms with Gasteiger partial charge in [0.15, 0.2) is 0 Å². The van der Waals surface area contributed by atoms with Crippen LogP contribution in [-0.2, 0) is 16.1 Å². The molecule has 0 aliphatic carbocycles. The molecule has 126 valence electrons. The van der Waals surface area contributed by atoms with Gasteiger partial charge in [-0.15, -0.1) is 0 Å². The molecule has 0 bridgehead atoms. The molecule has 0 aromatic heterocycles. The molecule has 1 amide bonds. The minimum absolute atomic E-state index is 0.169. The van der Waals surface area contributed by atoms with Crippen molar-refractivity contribution in [2.24, 2.45) is 0 Å². The summed E-state index contributed by atoms with van der Waals surface area (Å²) in [5, 5.41) is 0.778. The van der Waals surface area contributed by atoms with E-state index in [1.54, 1.807) is 7.11 Å². The number of rotatable bonds is 5. The Hall–Kier alpha value is -1.10. The second kappa shape index (κ2) is 7.20. The molecule has 0 saturated carbocycles. The Bertz CT molecular complexity index is 548. The normalized spacial score (nSPS) is 24.7. The molecule has 2 heterocycles. The van der Waals surface area contributed by atoms with Gasteiger partial charge in [-0.3, -0.25) is 9.69 Å². The first-order valence-corrected chi connectivity index (χ1v) is 8.77. The van der Waals surface area contributed by atoms with Gasteiger partial charge >= 0.3 is 0 Å². The Morgan fingerprint density at radius 3 is 2.78 bits per heavy atom. The van der Waals surface area contributed by atoms with Crippen molar-refractivity contribution in [3.63, 3.8) is 0 Å². The third kappa shape index (κ3) is 3.70. The lowest BCUT2D eigenvalue weighted by Crippen LogP contribution is -2.46. The van der Waals surface area contributed by atoms with Crippen LogP contribution in [0.15, 0.2) is 24.3 Å². The predicted octanol–water partition coefficient (Wildman–Crippen LogP) is 2.94. The van der Waals surface area contributed by atoms with Gasteiger partial charge in [0.2, 0.25) is 5.91 Å². The molecular formula is C18H25ClN2O2. The molecule has 1 aromatic rings. The Morgan fingerprint density at radius 1 is 1.26 bits per heavy atom. The van der Waals surface area contributed by atoms with Crippen LogP contribution in [-0.4, -0.2) is 54.6 Å². The van der Waals surface area contributed by atoms with Crippen molar-refractivity contribution < 1.29 is 9.53 Å². The number of nitrogens with zero attached hydrogens (tertiary/aromatic N) is 2. The number of likely N-dealkylation sites (tertiary alicyclic amines) is 2. The topological polar surface area (TPSA) is 32.8 Å². The van der Waals surface area contributed by atoms with Crippen LogP contribution in [0.4, 0.5) is 0 Å². The van der Waals surface area contributed by atoms with Gasteiger partial charge < -0.3 is 9.64 Å². The molecule has 1 aromatic carbocycles. The zero-order chi connectivity index (χ0) is 16.3. The van der Waals surface area contributed by atoms with Crippen molar-refractivity contribution in [1.82, 2.24) is 9.80 Å². The zero-order valence-corrected chi connectivity index (χ0v) is 14.5. The summed E-state index contributed by atoms with van der Waals surface area (Å²) in [6.45, 7) is 4.31. The number of hydrogen-bond donors (Lipinski definition) is 0. The standard InChI is InChI=1S/C18H25ClN2O2/c1-23-12-7-17(22)20-11-9-18(14-20)8-2-10-21(18)13-15-3-5-16(19)6-4-15/h3-6H,2,7-14H2,1H3/t18-/m0/s1. The molecule has 2 fully saturated rings. The fourth-order valence-corrected chi connectivity index (χ4v) is 4.06. The van der Waals surface area contributed by atoms with Gasteiger partial charge in [-0.05, 0) is 43.5 Å². The number of methoxy groups -OCH3 is 1. The highest BCUT2D eigenvalue weighted by atomic mass is 35.5. The fraction of sp³-hybridized carbons (Fsp3) is 0.611. The van der Waals surface area contributed by atoms with E-state index in [1.165, 1.54) is 18.4 Å². The minimum atomic E-state index is 0.169. The van der Waals surface area contributed by atoms with Crippen LogP contribution in [0.1, 0.15) is 31.2 Å². The summed E-state index contributed by atoms with van der Waals surface area (Å²) in [5.74, 6) is 0.224. The maximum Gasteiger partial charge on any atom is 0.224 e. The van der Waals surface area contributed by atoms with Gasteiger partial charge in [-0.25, -0.2) is 0 Å². The first-order chi connectivity index (χ1) is 11.1. The Balaban J connectivity index is 1.64. The van der Waals surface area contributed by atoms with Crippen LogP contribution >= 0.6 is 11.6 Å². The molecule has 2 aliphatic rings. The minimum Gasteiger partial charge on any atom is -0.384 e. The van der Waals surface area contributed by atoms with E-state index in [1.807, 2.05) is 17.0 Å². The van der Waals surface area contributed by atoms with E-state index < -0.39 is 0 Å². The molecule has 3 rings (SSSR count). The van der Waals surface area contributed by atoms with E-state index in [0.717, 1.165) is 37.6 Å². The van der Waals surface area contributed by atoms with Crippen LogP contribution in [0.25, 0.3) is 0 Å². The van der Waals surface area contributed by atoms with Crippen LogP contribution in [0.3, 0.4) is 0 Å². The van der Waals surface area contributed by atoms with Crippen molar-refractivity contribution in [2.75, 3.05) is 33.4 Å². The first kappa shape index (κ1) is 16.7. The fourth-order valence-electron chi connectivity index (χ4n) is 3.93. The number of hydrogen-bond acceptors (Lipinski definition) is 3. The van der Waals surface area contributed by atoms with Crippen molar-refractivity contribution in [3.8, 4) is 0 Å². The van der Waals surface area contributed by atoms with Crippen molar-refractivity contribution >= 4 is 17.5 Å². The maximum atomic E-state index is 12.3. The van der Waals surface area contributed by atoms with Gasteiger partial charge in [-0.1, -0.05) is 23.7 Å². The maximum absolute atomic E-state index is 12.3. The molecule has 5 heteroatoms. The van der Waals surface area contributed by atoms with E-state index in [0.29, 0.717) is 13.0 Å². The van der Waals surface area contributed by atoms with Crippen molar-refractivity contribution in [3.05, 3.63) is 34.9 Å². The number of ether oxygens (including phenoxy) is 1. The summed E-state index contributed by atoms with van der Waals surface area (Å²) in [7, 11) is 1.64. The zero-order valence-electron chi connectivity index (χ0n) is 13.8. The smallest absolute Gasteiger partial charge is 0.224 e. The van der Waals surface area contributed by atoms with Crippen molar-refractivity contribution in [1.29, 1.82) is 0 Å². The molecule has 0 N–H and O–H groups in total. The average molecular weight is 337 g/mol. The van der Waals surface area contributed by atoms with Crippen LogP contribution in [0, 0.1) is 0 Å². The Kier molecular flexibility index (Phi) is 5.24. The van der Waals surface area contributed by atoms with Crippen molar-refractivity contribution in [2.45, 2.75) is 37.8 Å². The summed E-state index contributed by atoms with van der Waals surface area (Å²) in [6.07, 6.45) is 3.98. The molecule has 0 unspecified atom stereocenters. The van der Waals surface area contributed by atoms with E-state index >= 15 is 0 Å². The molecule has 4 nitrogen and oxygen atoms in total. The number of amides is 1. The summed E-state index contributed by atoms with van der Waals surface area (Å²) >= 11 is 5.98. The summed E-state index contributed by atoms with van der Waals surface area (Å²) in [5.41, 5.74) is 1.46. The molecular weight excluding hydrogens is 312 g/mol. The monoisotopic (exact) mass is 336 g/mol. The van der Waals surface area contributed by atoms with E-state index in [9.17, 15) is 4.79 Å². The molecule has 2 aliphatic heterocycles. The highest BCUT2D eigenvalue weighted by molar-refractivity contribution is 6.30. The molecule has 23 heavy (non-hydrogen) atoms. The largest absolute Gasteiger partial charge is 0.384 e. The van der Waals surface area contributed by atoms with Crippen LogP contribution in [0.5, 0.6) is 0 Å². The van der Waals surface area contributed by atoms with E-state index in [2.05, 4.69) is 17.0 Å². The van der Waals surface area contributed by atoms with E-state index in [4.69, 9.17) is 16.3 Å². The average Bonchev–Trinajstić information content (AvgIpc) is 3.15. The second-order valence-corrected chi connectivity index (χ2v) is 7.12. The van der Waals surface area contributed by atoms with Crippen LogP contribution < -0.4 is 0 Å². The number of halogens is 1. The third-order valence-electron chi connectivity index (χ3n) is 5.23. The van der Waals surface area contributed by atoms with E-state index in [-0.39, 0.29) is 11.4 Å². The highest BCUT2D eigenvalue weighted by Gasteiger charge is 2.46. The van der Waals surface area contributed by atoms with Gasteiger partial charge in [0, 0.05) is 37.3 Å². The Morgan fingerprint density at radius 2 is 2.04 bits per heavy atom. The number of benzene rings is 1. The summed E-state index contributed by atoms with van der Waals surface area (Å²) < 4.78 is 5.03. The first-order valence-electron chi connectivity index (χ1n) is 8.39. The van der Waals surface area contributed by atoms with Gasteiger partial charge in [0.25, 0.3) is 0 Å². The highest BCUT2D eigenvalue weighted by Crippen LogP contribution is 2.38. The lowest BCUT2D eigenvalue weighted by atomic mass is 9.94. The molecule has 1 atom stereocenters. The lowest BCUT2D eigenvalue weighted by molar-refractivity contribution is -0.131. The predicted molar refractivity (Wildman–Crippen MR) is 91.5 cm³/mol. The molecule has 1 spiro atoms. The summed E-state index contributed by atoms with van der Waals surface area (Å²) in [4.78, 5) is 16.9. The lowest BCUT2D eigenvalue weighted by Gasteiger charge is -2.35. The van der Waals surface area contributed by atoms with Gasteiger partial charge in [0.1, 0.15) is 0 Å². The molecule has 2 saturated heterocycles. The quantitative estimate of drug-likeness (QED) is 0.828. The second-order valence-electron chi connectivity index (χ2n) is 6.68. The number of carbonyl (C=O) groups excluding carboxylic acids is 1. The number of carbonyl (C=O) groups is 1. The molecule has 0 radical (unpaired) electrons.